The van der Waals surface area contributed by atoms with Crippen molar-refractivity contribution in [3.8, 4) is 5.75 Å². The summed E-state index contributed by atoms with van der Waals surface area (Å²) < 4.78 is 19.2. The highest BCUT2D eigenvalue weighted by Gasteiger charge is 2.41. The van der Waals surface area contributed by atoms with E-state index < -0.39 is 0 Å². The van der Waals surface area contributed by atoms with E-state index in [1.54, 1.807) is 6.07 Å². The Hall–Kier alpha value is -0.800. The standard InChI is InChI=1S/C13H16FNO.ClH/c14-9-3-4-12-10(7-9)11(15)8-13(16-12)5-1-2-6-13;/h3-4,7,11H,1-2,5-6,8,15H2;1H/t11-;/m0./s1. The lowest BCUT2D eigenvalue weighted by molar-refractivity contribution is 0.0424. The van der Waals surface area contributed by atoms with E-state index in [9.17, 15) is 4.39 Å². The third-order valence-electron chi connectivity index (χ3n) is 3.80. The van der Waals surface area contributed by atoms with Crippen LogP contribution in [0.3, 0.4) is 0 Å². The average molecular weight is 258 g/mol. The first kappa shape index (κ1) is 12.7. The molecule has 0 bridgehead atoms. The van der Waals surface area contributed by atoms with Crippen molar-refractivity contribution in [3.05, 3.63) is 29.6 Å². The van der Waals surface area contributed by atoms with E-state index in [1.807, 2.05) is 0 Å². The van der Waals surface area contributed by atoms with Crippen molar-refractivity contribution in [3.63, 3.8) is 0 Å². The molecule has 1 saturated carbocycles. The minimum Gasteiger partial charge on any atom is -0.487 e. The fraction of sp³-hybridized carbons (Fsp3) is 0.538. The van der Waals surface area contributed by atoms with Crippen LogP contribution in [0.2, 0.25) is 0 Å². The molecule has 1 heterocycles. The number of rotatable bonds is 0. The number of halogens is 2. The molecule has 2 nitrogen and oxygen atoms in total. The van der Waals surface area contributed by atoms with E-state index in [4.69, 9.17) is 10.5 Å². The fourth-order valence-electron chi connectivity index (χ4n) is 3.01. The zero-order valence-electron chi connectivity index (χ0n) is 9.62. The summed E-state index contributed by atoms with van der Waals surface area (Å²) in [4.78, 5) is 0. The molecule has 3 rings (SSSR count). The van der Waals surface area contributed by atoms with Gasteiger partial charge in [-0.25, -0.2) is 4.39 Å². The molecule has 1 aromatic carbocycles. The Labute approximate surface area is 107 Å². The minimum atomic E-state index is -0.236. The molecule has 2 N–H and O–H groups in total. The molecule has 0 amide bonds. The van der Waals surface area contributed by atoms with Gasteiger partial charge >= 0.3 is 0 Å². The van der Waals surface area contributed by atoms with Crippen LogP contribution in [0, 0.1) is 5.82 Å². The second-order valence-electron chi connectivity index (χ2n) is 4.98. The molecule has 1 aliphatic heterocycles. The Morgan fingerprint density at radius 2 is 2.00 bits per heavy atom. The molecule has 94 valence electrons. The Morgan fingerprint density at radius 1 is 1.29 bits per heavy atom. The van der Waals surface area contributed by atoms with E-state index in [1.165, 1.54) is 25.0 Å². The largest absolute Gasteiger partial charge is 0.487 e. The van der Waals surface area contributed by atoms with Crippen LogP contribution in [0.25, 0.3) is 0 Å². The molecule has 1 aliphatic carbocycles. The van der Waals surface area contributed by atoms with Gasteiger partial charge in [-0.2, -0.15) is 0 Å². The van der Waals surface area contributed by atoms with Crippen molar-refractivity contribution >= 4 is 12.4 Å². The van der Waals surface area contributed by atoms with E-state index in [-0.39, 0.29) is 29.9 Å². The highest BCUT2D eigenvalue weighted by Crippen LogP contribution is 2.46. The average Bonchev–Trinajstić information content (AvgIpc) is 2.68. The molecular weight excluding hydrogens is 241 g/mol. The summed E-state index contributed by atoms with van der Waals surface area (Å²) in [5.41, 5.74) is 6.87. The number of hydrogen-bond acceptors (Lipinski definition) is 2. The van der Waals surface area contributed by atoms with Gasteiger partial charge in [0.1, 0.15) is 17.2 Å². The Kier molecular flexibility index (Phi) is 3.32. The predicted octanol–water partition coefficient (Wildman–Crippen LogP) is 3.34. The van der Waals surface area contributed by atoms with Crippen molar-refractivity contribution < 1.29 is 9.13 Å². The van der Waals surface area contributed by atoms with Gasteiger partial charge in [-0.05, 0) is 43.9 Å². The third-order valence-corrected chi connectivity index (χ3v) is 3.80. The van der Waals surface area contributed by atoms with Crippen LogP contribution in [0.4, 0.5) is 4.39 Å². The first-order valence-corrected chi connectivity index (χ1v) is 5.93. The molecule has 1 atom stereocenters. The van der Waals surface area contributed by atoms with Crippen molar-refractivity contribution in [2.75, 3.05) is 0 Å². The van der Waals surface area contributed by atoms with Gasteiger partial charge in [0.25, 0.3) is 0 Å². The SMILES string of the molecule is Cl.N[C@H]1CC2(CCCC2)Oc2ccc(F)cc21. The van der Waals surface area contributed by atoms with Gasteiger partial charge in [0.2, 0.25) is 0 Å². The van der Waals surface area contributed by atoms with Crippen LogP contribution in [0.1, 0.15) is 43.7 Å². The van der Waals surface area contributed by atoms with E-state index in [2.05, 4.69) is 0 Å². The molecule has 0 aromatic heterocycles. The summed E-state index contributed by atoms with van der Waals surface area (Å²) in [6.07, 6.45) is 5.41. The van der Waals surface area contributed by atoms with Gasteiger partial charge in [-0.1, -0.05) is 0 Å². The van der Waals surface area contributed by atoms with Crippen molar-refractivity contribution in [1.29, 1.82) is 0 Å². The first-order chi connectivity index (χ1) is 7.69. The molecule has 17 heavy (non-hydrogen) atoms. The lowest BCUT2D eigenvalue weighted by atomic mass is 9.86. The summed E-state index contributed by atoms with van der Waals surface area (Å²) in [5.74, 6) is 0.544. The van der Waals surface area contributed by atoms with E-state index in [0.29, 0.717) is 0 Å². The molecule has 4 heteroatoms. The first-order valence-electron chi connectivity index (χ1n) is 5.93. The number of ether oxygens (including phenoxy) is 1. The lowest BCUT2D eigenvalue weighted by Crippen LogP contribution is -2.40. The van der Waals surface area contributed by atoms with E-state index >= 15 is 0 Å². The van der Waals surface area contributed by atoms with Crippen LogP contribution >= 0.6 is 12.4 Å². The summed E-state index contributed by atoms with van der Waals surface area (Å²) in [5, 5.41) is 0. The minimum absolute atomic E-state index is 0. The van der Waals surface area contributed by atoms with Crippen LogP contribution in [0.15, 0.2) is 18.2 Å². The maximum absolute atomic E-state index is 13.1. The number of nitrogens with two attached hydrogens (primary N) is 1. The predicted molar refractivity (Wildman–Crippen MR) is 67.0 cm³/mol. The highest BCUT2D eigenvalue weighted by atomic mass is 35.5. The van der Waals surface area contributed by atoms with Crippen LogP contribution in [-0.2, 0) is 0 Å². The smallest absolute Gasteiger partial charge is 0.125 e. The zero-order valence-corrected chi connectivity index (χ0v) is 10.4. The molecule has 0 unspecified atom stereocenters. The summed E-state index contributed by atoms with van der Waals surface area (Å²) >= 11 is 0. The molecule has 0 radical (unpaired) electrons. The second-order valence-corrected chi connectivity index (χ2v) is 4.98. The summed E-state index contributed by atoms with van der Waals surface area (Å²) in [6.45, 7) is 0. The van der Waals surface area contributed by atoms with Crippen LogP contribution < -0.4 is 10.5 Å². The topological polar surface area (TPSA) is 35.2 Å². The maximum atomic E-state index is 13.1. The van der Waals surface area contributed by atoms with E-state index in [0.717, 1.165) is 30.6 Å². The van der Waals surface area contributed by atoms with Crippen molar-refractivity contribution in [2.24, 2.45) is 5.73 Å². The Balaban J connectivity index is 0.00000108. The number of hydrogen-bond donors (Lipinski definition) is 1. The van der Waals surface area contributed by atoms with Gasteiger partial charge < -0.3 is 10.5 Å². The summed E-state index contributed by atoms with van der Waals surface area (Å²) in [7, 11) is 0. The molecule has 1 fully saturated rings. The molecule has 1 spiro atoms. The van der Waals surface area contributed by atoms with Gasteiger partial charge in [0.15, 0.2) is 0 Å². The normalized spacial score (nSPS) is 24.9. The summed E-state index contributed by atoms with van der Waals surface area (Å²) in [6, 6.07) is 4.57. The fourth-order valence-corrected chi connectivity index (χ4v) is 3.01. The van der Waals surface area contributed by atoms with Gasteiger partial charge in [0, 0.05) is 18.0 Å². The van der Waals surface area contributed by atoms with Gasteiger partial charge in [-0.15, -0.1) is 12.4 Å². The maximum Gasteiger partial charge on any atom is 0.125 e. The number of fused-ring (bicyclic) bond motifs is 1. The van der Waals surface area contributed by atoms with Crippen molar-refractivity contribution in [1.82, 2.24) is 0 Å². The quantitative estimate of drug-likeness (QED) is 0.774. The molecular formula is C13H17ClFNO. The number of benzene rings is 1. The molecule has 2 aliphatic rings. The van der Waals surface area contributed by atoms with Gasteiger partial charge in [0.05, 0.1) is 0 Å². The zero-order chi connectivity index (χ0) is 11.2. The van der Waals surface area contributed by atoms with Crippen LogP contribution in [0.5, 0.6) is 5.75 Å². The van der Waals surface area contributed by atoms with Crippen LogP contribution in [-0.4, -0.2) is 5.60 Å². The molecule has 1 aromatic rings. The molecule has 0 saturated heterocycles. The Bertz CT molecular complexity index is 418. The third kappa shape index (κ3) is 2.14. The highest BCUT2D eigenvalue weighted by molar-refractivity contribution is 5.85. The van der Waals surface area contributed by atoms with Gasteiger partial charge in [-0.3, -0.25) is 0 Å². The second kappa shape index (κ2) is 4.46. The lowest BCUT2D eigenvalue weighted by Gasteiger charge is -2.38. The monoisotopic (exact) mass is 257 g/mol. The Morgan fingerprint density at radius 3 is 2.71 bits per heavy atom. The van der Waals surface area contributed by atoms with Crippen molar-refractivity contribution in [2.45, 2.75) is 43.7 Å².